The van der Waals surface area contributed by atoms with Crippen molar-refractivity contribution in [3.63, 3.8) is 0 Å². The maximum atomic E-state index is 5.56. The summed E-state index contributed by atoms with van der Waals surface area (Å²) in [5, 5.41) is 7.42. The third-order valence-corrected chi connectivity index (χ3v) is 6.35. The van der Waals surface area contributed by atoms with E-state index in [1.807, 2.05) is 12.1 Å². The largest absolute Gasteiger partial charge is 0.496 e. The molecule has 3 aromatic carbocycles. The average Bonchev–Trinajstić information content (AvgIpc) is 2.86. The van der Waals surface area contributed by atoms with Crippen LogP contribution in [0.25, 0.3) is 0 Å². The first kappa shape index (κ1) is 25.1. The monoisotopic (exact) mass is 465 g/mol. The molecule has 0 amide bonds. The molecule has 1 saturated heterocycles. The minimum Gasteiger partial charge on any atom is -0.496 e. The van der Waals surface area contributed by atoms with Gasteiger partial charge in [-0.1, -0.05) is 66.7 Å². The van der Waals surface area contributed by atoms with E-state index in [4.69, 9.17) is 4.74 Å². The number of hydrogen-bond donors (Lipinski definition) is 2. The van der Waals surface area contributed by atoms with Gasteiger partial charge in [0.25, 0.3) is 0 Å². The van der Waals surface area contributed by atoms with Gasteiger partial charge in [-0.05, 0) is 49.6 Å². The van der Waals surface area contributed by atoms with Crippen LogP contribution in [0.15, 0.2) is 84.9 Å². The van der Waals surface area contributed by atoms with Crippen molar-refractivity contribution >= 4 is 18.1 Å². The van der Waals surface area contributed by atoms with Crippen molar-refractivity contribution in [2.24, 2.45) is 0 Å². The molecule has 1 fully saturated rings. The Morgan fingerprint density at radius 2 is 1.61 bits per heavy atom. The summed E-state index contributed by atoms with van der Waals surface area (Å²) in [7, 11) is 1.75. The highest BCUT2D eigenvalue weighted by Crippen LogP contribution is 2.32. The van der Waals surface area contributed by atoms with E-state index in [-0.39, 0.29) is 12.4 Å². The molecule has 0 unspecified atom stereocenters. The van der Waals surface area contributed by atoms with Gasteiger partial charge in [-0.15, -0.1) is 12.4 Å². The molecule has 0 bridgehead atoms. The maximum Gasteiger partial charge on any atom is 0.123 e. The number of halogens is 1. The van der Waals surface area contributed by atoms with Gasteiger partial charge in [-0.2, -0.15) is 0 Å². The lowest BCUT2D eigenvalue weighted by Gasteiger charge is -2.42. The summed E-state index contributed by atoms with van der Waals surface area (Å²) in [4.78, 5) is 2.67. The van der Waals surface area contributed by atoms with Crippen LogP contribution in [0.5, 0.6) is 5.75 Å². The predicted molar refractivity (Wildman–Crippen MR) is 140 cm³/mol. The highest BCUT2D eigenvalue weighted by atomic mass is 35.5. The summed E-state index contributed by atoms with van der Waals surface area (Å²) >= 11 is 0. The Balaban J connectivity index is 0.00000306. The van der Waals surface area contributed by atoms with E-state index in [0.717, 1.165) is 38.3 Å². The fraction of sp³-hybridized carbons (Fsp3) is 0.357. The topological polar surface area (TPSA) is 36.5 Å². The van der Waals surface area contributed by atoms with Gasteiger partial charge in [0.1, 0.15) is 5.75 Å². The van der Waals surface area contributed by atoms with E-state index in [1.165, 1.54) is 29.7 Å². The van der Waals surface area contributed by atoms with Crippen molar-refractivity contribution in [2.75, 3.05) is 32.1 Å². The molecule has 1 aliphatic rings. The fourth-order valence-corrected chi connectivity index (χ4v) is 4.78. The van der Waals surface area contributed by atoms with Crippen LogP contribution in [0.3, 0.4) is 0 Å². The molecule has 0 radical (unpaired) electrons. The molecular formula is C28H36ClN3O. The summed E-state index contributed by atoms with van der Waals surface area (Å²) in [5.41, 5.74) is 3.81. The first-order chi connectivity index (χ1) is 15.8. The van der Waals surface area contributed by atoms with Crippen molar-refractivity contribution in [3.8, 4) is 5.75 Å². The highest BCUT2D eigenvalue weighted by molar-refractivity contribution is 5.85. The minimum absolute atomic E-state index is 0. The second-order valence-electron chi connectivity index (χ2n) is 8.48. The van der Waals surface area contributed by atoms with Gasteiger partial charge in [0.05, 0.1) is 13.2 Å². The number of methoxy groups -OCH3 is 1. The van der Waals surface area contributed by atoms with Crippen LogP contribution in [-0.4, -0.2) is 37.7 Å². The van der Waals surface area contributed by atoms with E-state index in [0.29, 0.717) is 12.1 Å². The molecule has 0 aliphatic carbocycles. The van der Waals surface area contributed by atoms with Gasteiger partial charge in [-0.25, -0.2) is 0 Å². The van der Waals surface area contributed by atoms with Gasteiger partial charge in [0, 0.05) is 36.9 Å². The molecule has 0 spiro atoms. The molecule has 2 N–H and O–H groups in total. The van der Waals surface area contributed by atoms with Gasteiger partial charge >= 0.3 is 0 Å². The second-order valence-corrected chi connectivity index (χ2v) is 8.48. The van der Waals surface area contributed by atoms with Crippen molar-refractivity contribution < 1.29 is 4.74 Å². The summed E-state index contributed by atoms with van der Waals surface area (Å²) in [5.74, 6) is 0.955. The number of anilines is 1. The summed E-state index contributed by atoms with van der Waals surface area (Å²) in [6.07, 6.45) is 3.53. The lowest BCUT2D eigenvalue weighted by atomic mass is 9.90. The third-order valence-electron chi connectivity index (χ3n) is 6.35. The van der Waals surface area contributed by atoms with Gasteiger partial charge in [0.15, 0.2) is 0 Å². The summed E-state index contributed by atoms with van der Waals surface area (Å²) < 4.78 is 5.56. The van der Waals surface area contributed by atoms with Crippen LogP contribution in [0.2, 0.25) is 0 Å². The number of benzene rings is 3. The number of ether oxygens (including phenoxy) is 1. The van der Waals surface area contributed by atoms with Crippen molar-refractivity contribution in [1.82, 2.24) is 10.2 Å². The van der Waals surface area contributed by atoms with Gasteiger partial charge in [-0.3, -0.25) is 4.90 Å². The summed E-state index contributed by atoms with van der Waals surface area (Å²) in [6, 6.07) is 30.6. The molecule has 1 aliphatic heterocycles. The number of rotatable bonds is 10. The predicted octanol–water partition coefficient (Wildman–Crippen LogP) is 5.91. The first-order valence-corrected chi connectivity index (χ1v) is 11.8. The molecule has 1 heterocycles. The van der Waals surface area contributed by atoms with Crippen molar-refractivity contribution in [2.45, 2.75) is 37.9 Å². The second kappa shape index (κ2) is 13.2. The first-order valence-electron chi connectivity index (χ1n) is 11.8. The Bertz CT molecular complexity index is 938. The molecule has 3 aromatic rings. The zero-order valence-corrected chi connectivity index (χ0v) is 20.3. The van der Waals surface area contributed by atoms with Crippen LogP contribution in [0.1, 0.15) is 36.4 Å². The van der Waals surface area contributed by atoms with Crippen molar-refractivity contribution in [3.05, 3.63) is 96.1 Å². The number of nitrogens with one attached hydrogen (secondary N) is 2. The Hall–Kier alpha value is -2.53. The normalized spacial score (nSPS) is 18.3. The van der Waals surface area contributed by atoms with E-state index in [1.54, 1.807) is 7.11 Å². The van der Waals surface area contributed by atoms with Crippen molar-refractivity contribution in [1.29, 1.82) is 0 Å². The van der Waals surface area contributed by atoms with Crippen LogP contribution >= 0.6 is 12.4 Å². The molecule has 5 heteroatoms. The minimum atomic E-state index is 0. The molecule has 176 valence electrons. The molecule has 4 rings (SSSR count). The number of hydrogen-bond acceptors (Lipinski definition) is 4. The van der Waals surface area contributed by atoms with Crippen LogP contribution < -0.4 is 15.4 Å². The van der Waals surface area contributed by atoms with Crippen LogP contribution in [0, 0.1) is 0 Å². The standard InChI is InChI=1S/C28H35N3O.ClH/c1-32-27-18-9-8-14-24(27)22-30-26-17-10-20-31(28(26)23-12-4-2-5-13-23)21-11-19-29-25-15-6-3-7-16-25;/h2-9,12-16,18,26,28-30H,10-11,17,19-22H2,1H3;1H/t26-,28-;/m0./s1. The van der Waals surface area contributed by atoms with Gasteiger partial charge < -0.3 is 15.4 Å². The Morgan fingerprint density at radius 3 is 2.36 bits per heavy atom. The number of nitrogens with zero attached hydrogens (tertiary/aromatic N) is 1. The maximum absolute atomic E-state index is 5.56. The van der Waals surface area contributed by atoms with E-state index >= 15 is 0 Å². The lowest BCUT2D eigenvalue weighted by Crippen LogP contribution is -2.48. The van der Waals surface area contributed by atoms with Crippen LogP contribution in [0.4, 0.5) is 5.69 Å². The SMILES string of the molecule is COc1ccccc1CN[C@H]1CCCN(CCCNc2ccccc2)[C@H]1c1ccccc1.Cl. The van der Waals surface area contributed by atoms with E-state index in [2.05, 4.69) is 88.3 Å². The highest BCUT2D eigenvalue weighted by Gasteiger charge is 2.32. The molecule has 33 heavy (non-hydrogen) atoms. The molecule has 0 aromatic heterocycles. The Kier molecular flexibility index (Phi) is 10.1. The Morgan fingerprint density at radius 1 is 0.909 bits per heavy atom. The van der Waals surface area contributed by atoms with E-state index < -0.39 is 0 Å². The lowest BCUT2D eigenvalue weighted by molar-refractivity contribution is 0.110. The number of likely N-dealkylation sites (tertiary alicyclic amines) is 1. The Labute approximate surface area is 204 Å². The zero-order chi connectivity index (χ0) is 22.0. The van der Waals surface area contributed by atoms with E-state index in [9.17, 15) is 0 Å². The quantitative estimate of drug-likeness (QED) is 0.365. The van der Waals surface area contributed by atoms with Gasteiger partial charge in [0.2, 0.25) is 0 Å². The molecule has 2 atom stereocenters. The number of piperidine rings is 1. The average molecular weight is 466 g/mol. The molecular weight excluding hydrogens is 430 g/mol. The fourth-order valence-electron chi connectivity index (χ4n) is 4.78. The zero-order valence-electron chi connectivity index (χ0n) is 19.5. The third kappa shape index (κ3) is 6.97. The molecule has 0 saturated carbocycles. The smallest absolute Gasteiger partial charge is 0.123 e. The molecule has 4 nitrogen and oxygen atoms in total. The number of para-hydroxylation sites is 2. The van der Waals surface area contributed by atoms with Crippen LogP contribution in [-0.2, 0) is 6.54 Å². The summed E-state index contributed by atoms with van der Waals surface area (Å²) in [6.45, 7) is 4.05.